The molecule has 3 saturated heterocycles. The van der Waals surface area contributed by atoms with Crippen LogP contribution in [0.25, 0.3) is 0 Å². The molecule has 3 aliphatic rings. The third-order valence-electron chi connectivity index (χ3n) is 7.27. The molecule has 1 aromatic rings. The van der Waals surface area contributed by atoms with Crippen LogP contribution in [0.4, 0.5) is 4.39 Å². The molecule has 1 unspecified atom stereocenters. The molecular formula is C25H28FN3O15. The summed E-state index contributed by atoms with van der Waals surface area (Å²) >= 11 is 0. The number of amides is 3. The number of ether oxygens (including phenoxy) is 2. The molecule has 11 N–H and O–H groups in total. The Bertz CT molecular complexity index is 1500. The fourth-order valence-corrected chi connectivity index (χ4v) is 4.81. The Kier molecular flexibility index (Phi) is 8.39. The highest BCUT2D eigenvalue weighted by molar-refractivity contribution is 6.09. The number of nitrogens with one attached hydrogen (secondary N) is 1. The maximum atomic E-state index is 15.5. The lowest BCUT2D eigenvalue weighted by atomic mass is 9.90. The van der Waals surface area contributed by atoms with Crippen LogP contribution in [0.5, 0.6) is 17.2 Å². The van der Waals surface area contributed by atoms with Crippen molar-refractivity contribution < 1.29 is 79.3 Å². The molecule has 3 aliphatic heterocycles. The summed E-state index contributed by atoms with van der Waals surface area (Å²) in [7, 11) is 0. The van der Waals surface area contributed by atoms with E-state index in [0.29, 0.717) is 26.3 Å². The summed E-state index contributed by atoms with van der Waals surface area (Å²) in [5.74, 6) is -21.6. The van der Waals surface area contributed by atoms with Gasteiger partial charge in [0.15, 0.2) is 29.1 Å². The number of aromatic hydroxyl groups is 3. The lowest BCUT2D eigenvalue weighted by Gasteiger charge is -2.44. The van der Waals surface area contributed by atoms with E-state index in [9.17, 15) is 65.4 Å². The molecule has 1 aromatic carbocycles. The fraction of sp³-hybridized carbons (Fsp3) is 0.400. The van der Waals surface area contributed by atoms with Crippen LogP contribution in [-0.4, -0.2) is 129 Å². The number of morpholine rings is 1. The number of phenolic OH excluding ortho intramolecular Hbond substituents is 3. The van der Waals surface area contributed by atoms with Crippen LogP contribution in [0, 0.1) is 5.82 Å². The van der Waals surface area contributed by atoms with Gasteiger partial charge >= 0.3 is 5.79 Å². The van der Waals surface area contributed by atoms with Gasteiger partial charge in [0.25, 0.3) is 29.5 Å². The van der Waals surface area contributed by atoms with E-state index in [-0.39, 0.29) is 11.4 Å². The van der Waals surface area contributed by atoms with E-state index in [4.69, 9.17) is 9.47 Å². The molecule has 4 rings (SSSR count). The number of phenols is 3. The van der Waals surface area contributed by atoms with Crippen molar-refractivity contribution in [3.63, 3.8) is 0 Å². The Balaban J connectivity index is 1.72. The molecule has 44 heavy (non-hydrogen) atoms. The number of aliphatic hydroxyl groups is 7. The van der Waals surface area contributed by atoms with Crippen molar-refractivity contribution >= 4 is 17.7 Å². The van der Waals surface area contributed by atoms with E-state index >= 15 is 4.39 Å². The molecule has 3 fully saturated rings. The lowest BCUT2D eigenvalue weighted by Crippen LogP contribution is -2.79. The zero-order chi connectivity index (χ0) is 32.9. The molecule has 19 heteroatoms. The largest absolute Gasteiger partial charge is 0.505 e. The Labute approximate surface area is 245 Å². The van der Waals surface area contributed by atoms with Crippen LogP contribution in [-0.2, 0) is 37.0 Å². The average Bonchev–Trinajstić information content (AvgIpc) is 3.29. The Morgan fingerprint density at radius 2 is 1.59 bits per heavy atom. The second-order valence-corrected chi connectivity index (χ2v) is 10.0. The highest BCUT2D eigenvalue weighted by atomic mass is 19.1. The first-order valence-corrected chi connectivity index (χ1v) is 12.6. The number of hydrogen-bond donors (Lipinski definition) is 11. The van der Waals surface area contributed by atoms with Gasteiger partial charge in [-0.15, -0.1) is 0 Å². The van der Waals surface area contributed by atoms with Gasteiger partial charge in [-0.1, -0.05) is 6.58 Å². The molecular weight excluding hydrogens is 601 g/mol. The molecule has 0 aliphatic carbocycles. The quantitative estimate of drug-likeness (QED) is 0.0476. The van der Waals surface area contributed by atoms with E-state index < -0.39 is 111 Å². The van der Waals surface area contributed by atoms with Gasteiger partial charge in [0.2, 0.25) is 5.75 Å². The van der Waals surface area contributed by atoms with Crippen molar-refractivity contribution in [3.8, 4) is 17.2 Å². The smallest absolute Gasteiger partial charge is 0.303 e. The Morgan fingerprint density at radius 3 is 2.18 bits per heavy atom. The standard InChI is InChI=1S/C25H28FN3O15/c1-9(30)15(31)13-10(7-29(21(13)36)19-20(35)27-23(38)25(41,42)24(19,39)40)22(37)44-8-12-14(26)11(16(32)18(34)17(12)33)6-28-2-4-43-5-3-28/h19,30-34,37,39-42H,1-8H2,(H,27,35,38)/b15-13-,22-10+. The molecule has 0 saturated carbocycles. The van der Waals surface area contributed by atoms with Gasteiger partial charge in [-0.3, -0.25) is 24.6 Å². The van der Waals surface area contributed by atoms with Crippen molar-refractivity contribution in [2.24, 2.45) is 0 Å². The van der Waals surface area contributed by atoms with Gasteiger partial charge < -0.3 is 65.4 Å². The number of nitrogens with zero attached hydrogens (tertiary/aromatic N) is 2. The first kappa shape index (κ1) is 32.3. The summed E-state index contributed by atoms with van der Waals surface area (Å²) in [6.07, 6.45) is 0. The average molecular weight is 630 g/mol. The van der Waals surface area contributed by atoms with Crippen molar-refractivity contribution in [1.82, 2.24) is 15.1 Å². The van der Waals surface area contributed by atoms with Gasteiger partial charge in [0.1, 0.15) is 12.4 Å². The van der Waals surface area contributed by atoms with Gasteiger partial charge in [-0.2, -0.15) is 0 Å². The number of halogens is 1. The van der Waals surface area contributed by atoms with E-state index in [0.717, 1.165) is 0 Å². The zero-order valence-electron chi connectivity index (χ0n) is 22.5. The molecule has 3 heterocycles. The number of benzene rings is 1. The first-order chi connectivity index (χ1) is 20.4. The molecule has 0 spiro atoms. The topological polar surface area (TPSA) is 290 Å². The highest BCUT2D eigenvalue weighted by Gasteiger charge is 2.67. The fourth-order valence-electron chi connectivity index (χ4n) is 4.81. The van der Waals surface area contributed by atoms with Crippen molar-refractivity contribution in [2.75, 3.05) is 32.8 Å². The molecule has 3 amide bonds. The van der Waals surface area contributed by atoms with Crippen LogP contribution in [0.1, 0.15) is 11.1 Å². The molecule has 18 nitrogen and oxygen atoms in total. The summed E-state index contributed by atoms with van der Waals surface area (Å²) in [5.41, 5.74) is -3.08. The van der Waals surface area contributed by atoms with Crippen LogP contribution in [0.3, 0.4) is 0 Å². The number of carbonyl (C=O) groups excluding carboxylic acids is 3. The third-order valence-corrected chi connectivity index (χ3v) is 7.27. The molecule has 1 atom stereocenters. The number of aliphatic hydroxyl groups excluding tert-OH is 3. The van der Waals surface area contributed by atoms with Gasteiger partial charge in [0, 0.05) is 25.2 Å². The van der Waals surface area contributed by atoms with Gasteiger partial charge in [0.05, 0.1) is 36.5 Å². The summed E-state index contributed by atoms with van der Waals surface area (Å²) in [5, 5.41) is 103. The minimum Gasteiger partial charge on any atom is -0.505 e. The number of hydrogen-bond acceptors (Lipinski definition) is 16. The van der Waals surface area contributed by atoms with Crippen LogP contribution in [0.2, 0.25) is 0 Å². The van der Waals surface area contributed by atoms with E-state index in [1.165, 1.54) is 5.32 Å². The number of piperidine rings is 1. The number of rotatable bonds is 7. The lowest BCUT2D eigenvalue weighted by molar-refractivity contribution is -0.355. The van der Waals surface area contributed by atoms with Crippen molar-refractivity contribution in [2.45, 2.75) is 30.8 Å². The SMILES string of the molecule is C=C(O)/C(O)=C1/C(=O)N(C2C(=O)NC(=O)C(O)(O)C2(O)O)C/C1=C(/O)OCc1c(O)c(O)c(O)c(CN2CCOCC2)c1F. The normalized spacial score (nSPS) is 24.2. The van der Waals surface area contributed by atoms with Crippen LogP contribution < -0.4 is 5.32 Å². The number of likely N-dealkylation sites (tertiary alicyclic amines) is 1. The van der Waals surface area contributed by atoms with Gasteiger partial charge in [-0.25, -0.2) is 4.39 Å². The Morgan fingerprint density at radius 1 is 1.00 bits per heavy atom. The predicted molar refractivity (Wildman–Crippen MR) is 136 cm³/mol. The number of carbonyl (C=O) groups is 3. The molecule has 0 radical (unpaired) electrons. The zero-order valence-corrected chi connectivity index (χ0v) is 22.5. The van der Waals surface area contributed by atoms with Crippen molar-refractivity contribution in [1.29, 1.82) is 0 Å². The molecule has 0 aromatic heterocycles. The molecule has 0 bridgehead atoms. The maximum Gasteiger partial charge on any atom is 0.303 e. The summed E-state index contributed by atoms with van der Waals surface area (Å²) < 4.78 is 25.8. The summed E-state index contributed by atoms with van der Waals surface area (Å²) in [6.45, 7) is 1.91. The monoisotopic (exact) mass is 629 g/mol. The Hall–Kier alpha value is -4.66. The second kappa shape index (κ2) is 11.4. The maximum absolute atomic E-state index is 15.5. The minimum absolute atomic E-state index is 0.164. The summed E-state index contributed by atoms with van der Waals surface area (Å²) in [4.78, 5) is 39.3. The minimum atomic E-state index is -4.06. The summed E-state index contributed by atoms with van der Waals surface area (Å²) in [6, 6.07) is -2.68. The first-order valence-electron chi connectivity index (χ1n) is 12.6. The highest BCUT2D eigenvalue weighted by Crippen LogP contribution is 2.44. The third kappa shape index (κ3) is 5.20. The predicted octanol–water partition coefficient (Wildman–Crippen LogP) is -2.83. The van der Waals surface area contributed by atoms with Crippen LogP contribution >= 0.6 is 0 Å². The van der Waals surface area contributed by atoms with E-state index in [2.05, 4.69) is 6.58 Å². The molecule has 240 valence electrons. The van der Waals surface area contributed by atoms with E-state index in [1.54, 1.807) is 4.90 Å². The van der Waals surface area contributed by atoms with E-state index in [1.807, 2.05) is 0 Å². The number of imide groups is 1. The van der Waals surface area contributed by atoms with Crippen molar-refractivity contribution in [3.05, 3.63) is 52.1 Å². The van der Waals surface area contributed by atoms with Gasteiger partial charge in [-0.05, 0) is 0 Å². The second-order valence-electron chi connectivity index (χ2n) is 10.0. The van der Waals surface area contributed by atoms with Crippen LogP contribution in [0.15, 0.2) is 35.2 Å².